The van der Waals surface area contributed by atoms with E-state index in [2.05, 4.69) is 15.2 Å². The van der Waals surface area contributed by atoms with E-state index >= 15 is 0 Å². The maximum Gasteiger partial charge on any atom is 0.282 e. The lowest BCUT2D eigenvalue weighted by atomic mass is 10.2. The third-order valence-corrected chi connectivity index (χ3v) is 4.53. The number of methoxy groups -OCH3 is 1. The van der Waals surface area contributed by atoms with E-state index in [1.54, 1.807) is 25.1 Å². The van der Waals surface area contributed by atoms with Crippen molar-refractivity contribution in [2.24, 2.45) is 5.10 Å². The second kappa shape index (κ2) is 7.69. The summed E-state index contributed by atoms with van der Waals surface area (Å²) in [6.07, 6.45) is 1.38. The molecule has 2 heterocycles. The minimum absolute atomic E-state index is 0.109. The predicted octanol–water partition coefficient (Wildman–Crippen LogP) is 2.21. The van der Waals surface area contributed by atoms with Gasteiger partial charge in [0.25, 0.3) is 11.1 Å². The smallest absolute Gasteiger partial charge is 0.282 e. The van der Waals surface area contributed by atoms with E-state index in [9.17, 15) is 9.59 Å². The van der Waals surface area contributed by atoms with Crippen LogP contribution in [-0.4, -0.2) is 32.8 Å². The topological polar surface area (TPSA) is 94.3 Å². The van der Waals surface area contributed by atoms with E-state index in [4.69, 9.17) is 4.74 Å². The van der Waals surface area contributed by atoms with Crippen molar-refractivity contribution in [3.63, 3.8) is 0 Å². The molecule has 0 aliphatic carbocycles. The number of ether oxygens (including phenoxy) is 1. The van der Waals surface area contributed by atoms with E-state index in [0.29, 0.717) is 33.7 Å². The molecule has 0 radical (unpaired) electrons. The lowest BCUT2D eigenvalue weighted by molar-refractivity contribution is 0.174. The molecule has 0 saturated heterocycles. The fourth-order valence-electron chi connectivity index (χ4n) is 3.10. The maximum atomic E-state index is 12.9. The Kier molecular flexibility index (Phi) is 4.92. The van der Waals surface area contributed by atoms with Crippen LogP contribution >= 0.6 is 0 Å². The van der Waals surface area contributed by atoms with E-state index in [1.165, 1.54) is 22.7 Å². The zero-order valence-corrected chi connectivity index (χ0v) is 16.0. The van der Waals surface area contributed by atoms with Gasteiger partial charge in [0.2, 0.25) is 0 Å². The Morgan fingerprint density at radius 2 is 1.79 bits per heavy atom. The molecule has 8 heteroatoms. The molecular weight excluding hydrogens is 370 g/mol. The Balaban J connectivity index is 1.83. The van der Waals surface area contributed by atoms with Crippen LogP contribution in [-0.2, 0) is 11.3 Å². The van der Waals surface area contributed by atoms with E-state index in [0.717, 1.165) is 0 Å². The van der Waals surface area contributed by atoms with Gasteiger partial charge in [-0.05, 0) is 31.2 Å². The number of aryl methyl sites for hydroxylation is 1. The Morgan fingerprint density at radius 1 is 1.07 bits per heavy atom. The number of H-pyrrole nitrogens is 1. The third kappa shape index (κ3) is 3.41. The molecule has 29 heavy (non-hydrogen) atoms. The number of hydrogen-bond donors (Lipinski definition) is 1. The summed E-state index contributed by atoms with van der Waals surface area (Å²) in [5, 5.41) is 7.75. The van der Waals surface area contributed by atoms with Crippen molar-refractivity contribution in [1.29, 1.82) is 0 Å². The summed E-state index contributed by atoms with van der Waals surface area (Å²) in [5.74, 6) is 0.351. The summed E-state index contributed by atoms with van der Waals surface area (Å²) in [7, 11) is 1.52. The number of nitrogens with one attached hydrogen (secondary N) is 1. The number of aromatic nitrogens is 4. The Morgan fingerprint density at radius 3 is 2.55 bits per heavy atom. The zero-order chi connectivity index (χ0) is 20.4. The molecule has 0 saturated carbocycles. The van der Waals surface area contributed by atoms with E-state index in [-0.39, 0.29) is 17.7 Å². The average molecular weight is 389 g/mol. The molecular formula is C21H19N5O3. The molecule has 1 N–H and O–H groups in total. The van der Waals surface area contributed by atoms with Crippen LogP contribution in [0.3, 0.4) is 0 Å². The van der Waals surface area contributed by atoms with Crippen molar-refractivity contribution in [3.05, 3.63) is 92.4 Å². The zero-order valence-electron chi connectivity index (χ0n) is 16.0. The van der Waals surface area contributed by atoms with Crippen LogP contribution in [0.15, 0.2) is 69.3 Å². The van der Waals surface area contributed by atoms with Gasteiger partial charge in [0, 0.05) is 12.8 Å². The molecule has 0 unspecified atom stereocenters. The number of benzene rings is 2. The van der Waals surface area contributed by atoms with Gasteiger partial charge in [-0.1, -0.05) is 30.3 Å². The van der Waals surface area contributed by atoms with Crippen molar-refractivity contribution in [3.8, 4) is 5.69 Å². The summed E-state index contributed by atoms with van der Waals surface area (Å²) < 4.78 is 7.78. The van der Waals surface area contributed by atoms with E-state index in [1.807, 2.05) is 36.4 Å². The Bertz CT molecular complexity index is 1320. The molecule has 0 bridgehead atoms. The first-order valence-corrected chi connectivity index (χ1v) is 9.01. The molecule has 0 atom stereocenters. The van der Waals surface area contributed by atoms with Gasteiger partial charge < -0.3 is 4.74 Å². The predicted molar refractivity (Wildman–Crippen MR) is 111 cm³/mol. The highest BCUT2D eigenvalue weighted by Gasteiger charge is 2.13. The summed E-state index contributed by atoms with van der Waals surface area (Å²) in [5.41, 5.74) is 1.70. The summed E-state index contributed by atoms with van der Waals surface area (Å²) in [4.78, 5) is 30.2. The molecule has 8 nitrogen and oxygen atoms in total. The van der Waals surface area contributed by atoms with Crippen LogP contribution in [0.2, 0.25) is 0 Å². The summed E-state index contributed by atoms with van der Waals surface area (Å²) in [6.45, 7) is 1.89. The average Bonchev–Trinajstić information content (AvgIpc) is 3.02. The number of rotatable bonds is 5. The van der Waals surface area contributed by atoms with Crippen LogP contribution in [0.25, 0.3) is 16.6 Å². The Hall–Kier alpha value is -3.78. The third-order valence-electron chi connectivity index (χ3n) is 4.53. The number of para-hydroxylation sites is 2. The molecule has 2 aromatic carbocycles. The number of nitrogens with zero attached hydrogens (tertiary/aromatic N) is 4. The van der Waals surface area contributed by atoms with Crippen molar-refractivity contribution < 1.29 is 4.74 Å². The maximum absolute atomic E-state index is 12.9. The van der Waals surface area contributed by atoms with Crippen LogP contribution in [0.1, 0.15) is 17.1 Å². The first-order valence-electron chi connectivity index (χ1n) is 9.01. The van der Waals surface area contributed by atoms with E-state index < -0.39 is 0 Å². The quantitative estimate of drug-likeness (QED) is 0.530. The molecule has 146 valence electrons. The second-order valence-electron chi connectivity index (χ2n) is 6.47. The molecule has 0 spiro atoms. The molecule has 0 aliphatic heterocycles. The monoisotopic (exact) mass is 389 g/mol. The normalized spacial score (nSPS) is 11.5. The fraction of sp³-hybridized carbons (Fsp3) is 0.143. The lowest BCUT2D eigenvalue weighted by Gasteiger charge is -2.08. The molecule has 4 rings (SSSR count). The van der Waals surface area contributed by atoms with Crippen molar-refractivity contribution in [1.82, 2.24) is 19.4 Å². The van der Waals surface area contributed by atoms with Gasteiger partial charge in [0.05, 0.1) is 28.4 Å². The van der Waals surface area contributed by atoms with Crippen LogP contribution in [0, 0.1) is 6.92 Å². The number of hydrogen-bond acceptors (Lipinski definition) is 5. The largest absolute Gasteiger partial charge is 0.377 e. The van der Waals surface area contributed by atoms with Gasteiger partial charge in [-0.15, -0.1) is 0 Å². The van der Waals surface area contributed by atoms with Gasteiger partial charge >= 0.3 is 0 Å². The van der Waals surface area contributed by atoms with Crippen molar-refractivity contribution >= 4 is 17.1 Å². The second-order valence-corrected chi connectivity index (χ2v) is 6.47. The Labute approximate surface area is 165 Å². The van der Waals surface area contributed by atoms with Gasteiger partial charge in [0.15, 0.2) is 5.82 Å². The summed E-state index contributed by atoms with van der Waals surface area (Å²) in [6, 6.07) is 16.3. The first-order chi connectivity index (χ1) is 14.1. The van der Waals surface area contributed by atoms with Gasteiger partial charge in [-0.25, -0.2) is 9.67 Å². The highest BCUT2D eigenvalue weighted by molar-refractivity contribution is 5.81. The van der Waals surface area contributed by atoms with Gasteiger partial charge in [-0.2, -0.15) is 9.78 Å². The SMILES string of the molecule is COCc1nc2ccccc2c(=O)n1/N=C/c1c(C)[nH]n(-c2ccccc2)c1=O. The molecule has 2 aromatic heterocycles. The molecule has 0 amide bonds. The first kappa shape index (κ1) is 18.6. The lowest BCUT2D eigenvalue weighted by Crippen LogP contribution is -2.23. The van der Waals surface area contributed by atoms with Crippen LogP contribution < -0.4 is 11.1 Å². The van der Waals surface area contributed by atoms with Gasteiger partial charge in [-0.3, -0.25) is 14.7 Å². The fourth-order valence-corrected chi connectivity index (χ4v) is 3.10. The van der Waals surface area contributed by atoms with Gasteiger partial charge in [0.1, 0.15) is 6.61 Å². The minimum Gasteiger partial charge on any atom is -0.377 e. The van der Waals surface area contributed by atoms with Crippen molar-refractivity contribution in [2.75, 3.05) is 7.11 Å². The highest BCUT2D eigenvalue weighted by Crippen LogP contribution is 2.09. The number of aromatic amines is 1. The van der Waals surface area contributed by atoms with Crippen LogP contribution in [0.4, 0.5) is 0 Å². The van der Waals surface area contributed by atoms with Crippen molar-refractivity contribution in [2.45, 2.75) is 13.5 Å². The highest BCUT2D eigenvalue weighted by atomic mass is 16.5. The molecule has 0 aliphatic rings. The molecule has 0 fully saturated rings. The molecule has 4 aromatic rings. The minimum atomic E-state index is -0.324. The number of fused-ring (bicyclic) bond motifs is 1. The standard InChI is InChI=1S/C21H19N5O3/c1-14-17(21(28)25(24-14)15-8-4-3-5-9-15)12-22-26-19(13-29-2)23-18-11-7-6-10-16(18)20(26)27/h3-12,24H,13H2,1-2H3/b22-12+. The van der Waals surface area contributed by atoms with Crippen LogP contribution in [0.5, 0.6) is 0 Å². The summed E-state index contributed by atoms with van der Waals surface area (Å²) >= 11 is 0.